The summed E-state index contributed by atoms with van der Waals surface area (Å²) in [6, 6.07) is 0. The van der Waals surface area contributed by atoms with Crippen LogP contribution in [0.15, 0.2) is 0 Å². The van der Waals surface area contributed by atoms with Gasteiger partial charge in [0.05, 0.1) is 6.61 Å². The average Bonchev–Trinajstić information content (AvgIpc) is 2.51. The Kier molecular flexibility index (Phi) is 9.50. The van der Waals surface area contributed by atoms with Crippen molar-refractivity contribution in [2.45, 2.75) is 30.7 Å². The Hall–Kier alpha value is 0.870. The molecule has 0 radical (unpaired) electrons. The largest absolute Gasteiger partial charge is 0.394 e. The number of hydrogen-bond donors (Lipinski definition) is 6. The molecule has 5 atom stereocenters. The zero-order chi connectivity index (χ0) is 16.8. The summed E-state index contributed by atoms with van der Waals surface area (Å²) in [7, 11) is -3.56. The molecule has 0 aromatic heterocycles. The van der Waals surface area contributed by atoms with Crippen molar-refractivity contribution >= 4 is 39.5 Å². The van der Waals surface area contributed by atoms with Crippen molar-refractivity contribution in [1.82, 2.24) is 10.2 Å². The van der Waals surface area contributed by atoms with Gasteiger partial charge in [-0.15, -0.1) is 0 Å². The highest BCUT2D eigenvalue weighted by Crippen LogP contribution is 2.41. The quantitative estimate of drug-likeness (QED) is 0.182. The molecule has 9 nitrogen and oxygen atoms in total. The molecule has 1 heterocycles. The zero-order valence-corrected chi connectivity index (χ0v) is 15.7. The summed E-state index contributed by atoms with van der Waals surface area (Å²) in [6.45, 7) is 0.0622. The molecular weight excluding hydrogens is 451 g/mol. The van der Waals surface area contributed by atoms with Crippen LogP contribution in [-0.2, 0) is 13.8 Å². The summed E-state index contributed by atoms with van der Waals surface area (Å²) < 4.78 is 23.1. The maximum Gasteiger partial charge on any atom is 0.343 e. The molecule has 1 fully saturated rings. The Bertz CT molecular complexity index is 367. The van der Waals surface area contributed by atoms with E-state index in [-0.39, 0.29) is 0 Å². The minimum atomic E-state index is -3.56. The van der Waals surface area contributed by atoms with E-state index < -0.39 is 45.0 Å². The third-order valence-corrected chi connectivity index (χ3v) is 5.51. The molecule has 132 valence electrons. The first-order valence-corrected chi connectivity index (χ1v) is 10.5. The van der Waals surface area contributed by atoms with Gasteiger partial charge in [0.2, 0.25) is 0 Å². The summed E-state index contributed by atoms with van der Waals surface area (Å²) >= 11 is 6.37. The highest BCUT2D eigenvalue weighted by molar-refractivity contribution is 9.09. The molecule has 0 aliphatic carbocycles. The molecule has 1 saturated heterocycles. The monoisotopic (exact) mass is 470 g/mol. The molecule has 12 heteroatoms. The molecule has 1 aliphatic heterocycles. The lowest BCUT2D eigenvalue weighted by Crippen LogP contribution is -2.59. The minimum absolute atomic E-state index is 0.323. The van der Waals surface area contributed by atoms with Gasteiger partial charge in [-0.05, 0) is 0 Å². The van der Waals surface area contributed by atoms with Crippen LogP contribution < -0.4 is 10.2 Å². The van der Waals surface area contributed by atoms with E-state index in [1.165, 1.54) is 0 Å². The van der Waals surface area contributed by atoms with Crippen molar-refractivity contribution in [3.63, 3.8) is 0 Å². The number of ether oxygens (including phenoxy) is 1. The van der Waals surface area contributed by atoms with Gasteiger partial charge in [0.25, 0.3) is 0 Å². The predicted molar refractivity (Wildman–Crippen MR) is 86.1 cm³/mol. The van der Waals surface area contributed by atoms with Gasteiger partial charge in [0, 0.05) is 23.7 Å². The van der Waals surface area contributed by atoms with Crippen molar-refractivity contribution in [3.8, 4) is 0 Å². The SMILES string of the molecule is O=P(NCCBr)(NCCBr)O[C@@H]1OC(CO)[C@@H](O)C(O)C1O. The molecule has 3 unspecified atom stereocenters. The first kappa shape index (κ1) is 20.9. The summed E-state index contributed by atoms with van der Waals surface area (Å²) in [4.78, 5) is 0. The van der Waals surface area contributed by atoms with E-state index >= 15 is 0 Å². The maximum absolute atomic E-state index is 12.6. The van der Waals surface area contributed by atoms with E-state index in [0.29, 0.717) is 23.7 Å². The van der Waals surface area contributed by atoms with Crippen LogP contribution in [0, 0.1) is 0 Å². The molecular formula is C10H21Br2N2O7P. The van der Waals surface area contributed by atoms with E-state index in [0.717, 1.165) is 0 Å². The highest BCUT2D eigenvalue weighted by Gasteiger charge is 2.46. The number of halogens is 2. The van der Waals surface area contributed by atoms with Crippen LogP contribution in [0.25, 0.3) is 0 Å². The van der Waals surface area contributed by atoms with Crippen LogP contribution in [-0.4, -0.2) is 81.5 Å². The number of aliphatic hydroxyl groups excluding tert-OH is 4. The first-order chi connectivity index (χ1) is 10.4. The zero-order valence-electron chi connectivity index (χ0n) is 11.6. The van der Waals surface area contributed by atoms with Crippen molar-refractivity contribution in [1.29, 1.82) is 0 Å². The topological polar surface area (TPSA) is 141 Å². The van der Waals surface area contributed by atoms with Gasteiger partial charge < -0.3 is 25.2 Å². The van der Waals surface area contributed by atoms with Crippen LogP contribution in [0.1, 0.15) is 0 Å². The van der Waals surface area contributed by atoms with Crippen LogP contribution in [0.5, 0.6) is 0 Å². The van der Waals surface area contributed by atoms with Crippen molar-refractivity contribution in [2.75, 3.05) is 30.4 Å². The van der Waals surface area contributed by atoms with Gasteiger partial charge in [0.1, 0.15) is 24.4 Å². The second-order valence-electron chi connectivity index (χ2n) is 4.55. The normalized spacial score (nSPS) is 33.1. The van der Waals surface area contributed by atoms with Crippen molar-refractivity contribution < 1.29 is 34.3 Å². The van der Waals surface area contributed by atoms with Gasteiger partial charge in [-0.1, -0.05) is 31.9 Å². The number of alkyl halides is 2. The smallest absolute Gasteiger partial charge is 0.343 e. The molecule has 22 heavy (non-hydrogen) atoms. The lowest BCUT2D eigenvalue weighted by Gasteiger charge is -2.40. The molecule has 0 aromatic rings. The number of nitrogens with one attached hydrogen (secondary N) is 2. The van der Waals surface area contributed by atoms with E-state index in [4.69, 9.17) is 14.4 Å². The summed E-state index contributed by atoms with van der Waals surface area (Å²) in [6.07, 6.45) is -7.28. The van der Waals surface area contributed by atoms with Gasteiger partial charge in [-0.25, -0.2) is 10.2 Å². The van der Waals surface area contributed by atoms with E-state index in [1.807, 2.05) is 0 Å². The third kappa shape index (κ3) is 5.75. The van der Waals surface area contributed by atoms with Gasteiger partial charge in [-0.3, -0.25) is 9.09 Å². The third-order valence-electron chi connectivity index (χ3n) is 2.93. The molecule has 0 amide bonds. The lowest BCUT2D eigenvalue weighted by atomic mass is 10.00. The van der Waals surface area contributed by atoms with Crippen molar-refractivity contribution in [2.24, 2.45) is 0 Å². The van der Waals surface area contributed by atoms with Crippen LogP contribution in [0.4, 0.5) is 0 Å². The molecule has 0 spiro atoms. The van der Waals surface area contributed by atoms with E-state index in [9.17, 15) is 19.9 Å². The summed E-state index contributed by atoms with van der Waals surface area (Å²) in [5, 5.41) is 44.8. The molecule has 0 aromatic carbocycles. The Morgan fingerprint density at radius 1 is 1.05 bits per heavy atom. The van der Waals surface area contributed by atoms with Gasteiger partial charge >= 0.3 is 7.67 Å². The Balaban J connectivity index is 2.79. The first-order valence-electron chi connectivity index (χ1n) is 6.59. The lowest BCUT2D eigenvalue weighted by molar-refractivity contribution is -0.277. The Labute approximate surface area is 145 Å². The maximum atomic E-state index is 12.6. The number of aliphatic hydroxyl groups is 4. The van der Waals surface area contributed by atoms with Crippen LogP contribution in [0.3, 0.4) is 0 Å². The van der Waals surface area contributed by atoms with E-state index in [2.05, 4.69) is 42.0 Å². The molecule has 0 saturated carbocycles. The summed E-state index contributed by atoms with van der Waals surface area (Å²) in [5.41, 5.74) is 0. The van der Waals surface area contributed by atoms with E-state index in [1.54, 1.807) is 0 Å². The predicted octanol–water partition coefficient (Wildman–Crippen LogP) is -1.12. The Morgan fingerprint density at radius 3 is 2.05 bits per heavy atom. The summed E-state index contributed by atoms with van der Waals surface area (Å²) in [5.74, 6) is 0. The van der Waals surface area contributed by atoms with Gasteiger partial charge in [-0.2, -0.15) is 0 Å². The van der Waals surface area contributed by atoms with Crippen molar-refractivity contribution in [3.05, 3.63) is 0 Å². The fourth-order valence-corrected chi connectivity index (χ4v) is 4.36. The highest BCUT2D eigenvalue weighted by atomic mass is 79.9. The van der Waals surface area contributed by atoms with Crippen LogP contribution in [0.2, 0.25) is 0 Å². The van der Waals surface area contributed by atoms with Gasteiger partial charge in [0.15, 0.2) is 6.29 Å². The number of hydrogen-bond acceptors (Lipinski definition) is 7. The van der Waals surface area contributed by atoms with Crippen LogP contribution >= 0.6 is 39.5 Å². The second kappa shape index (κ2) is 10.00. The fourth-order valence-electron chi connectivity index (χ4n) is 1.81. The second-order valence-corrected chi connectivity index (χ2v) is 8.08. The average molecular weight is 472 g/mol. The molecule has 1 aliphatic rings. The molecule has 6 N–H and O–H groups in total. The minimum Gasteiger partial charge on any atom is -0.394 e. The standard InChI is InChI=1S/C10H21Br2N2O7P/c11-1-3-13-22(19,14-4-2-12)21-10-9(18)8(17)7(16)6(5-15)20-10/h6-10,15-18H,1-5H2,(H2,13,14,19)/t6?,7-,8?,9?,10+/m1/s1. The Morgan fingerprint density at radius 2 is 1.59 bits per heavy atom. The molecule has 0 bridgehead atoms. The molecule has 1 rings (SSSR count). The number of rotatable bonds is 9. The fraction of sp³-hybridized carbons (Fsp3) is 1.00.